The molecule has 1 aliphatic heterocycles. The summed E-state index contributed by atoms with van der Waals surface area (Å²) >= 11 is 0. The Morgan fingerprint density at radius 3 is 2.64 bits per heavy atom. The second-order valence-electron chi connectivity index (χ2n) is 6.68. The molecule has 0 radical (unpaired) electrons. The number of hydrogen-bond donors (Lipinski definition) is 1. The van der Waals surface area contributed by atoms with Crippen LogP contribution in [-0.4, -0.2) is 28.4 Å². The maximum atomic E-state index is 12.1. The number of hydrogen-bond acceptors (Lipinski definition) is 5. The van der Waals surface area contributed by atoms with Gasteiger partial charge in [0.1, 0.15) is 12.4 Å². The van der Waals surface area contributed by atoms with Gasteiger partial charge in [0.05, 0.1) is 17.3 Å². The minimum absolute atomic E-state index is 0.0979. The first-order chi connectivity index (χ1) is 13.6. The number of rotatable bonds is 5. The van der Waals surface area contributed by atoms with Crippen LogP contribution in [0.1, 0.15) is 24.2 Å². The van der Waals surface area contributed by atoms with Gasteiger partial charge in [0.15, 0.2) is 0 Å². The van der Waals surface area contributed by atoms with Crippen molar-refractivity contribution in [2.75, 3.05) is 11.4 Å². The molecular formula is C21H19N3O4. The molecule has 1 fully saturated rings. The van der Waals surface area contributed by atoms with Crippen LogP contribution in [0.25, 0.3) is 10.9 Å². The molecule has 4 rings (SSSR count). The van der Waals surface area contributed by atoms with Crippen molar-refractivity contribution in [1.82, 2.24) is 9.97 Å². The lowest BCUT2D eigenvalue weighted by molar-refractivity contribution is -0.144. The highest BCUT2D eigenvalue weighted by molar-refractivity contribution is 5.95. The summed E-state index contributed by atoms with van der Waals surface area (Å²) in [6.45, 7) is 0.635. The molecule has 1 amide bonds. The highest BCUT2D eigenvalue weighted by atomic mass is 16.5. The molecule has 2 heterocycles. The normalized spacial score (nSPS) is 13.9. The molecule has 0 saturated carbocycles. The fraction of sp³-hybridized carbons (Fsp3) is 0.238. The van der Waals surface area contributed by atoms with Gasteiger partial charge in [-0.15, -0.1) is 0 Å². The molecule has 0 unspecified atom stereocenters. The van der Waals surface area contributed by atoms with Crippen LogP contribution in [0.4, 0.5) is 5.69 Å². The van der Waals surface area contributed by atoms with Crippen LogP contribution in [0.2, 0.25) is 0 Å². The van der Waals surface area contributed by atoms with Crippen molar-refractivity contribution in [3.05, 3.63) is 70.3 Å². The van der Waals surface area contributed by atoms with E-state index in [-0.39, 0.29) is 24.5 Å². The molecule has 1 N–H and O–H groups in total. The third-order valence-electron chi connectivity index (χ3n) is 4.70. The van der Waals surface area contributed by atoms with Crippen molar-refractivity contribution < 1.29 is 14.3 Å². The predicted octanol–water partition coefficient (Wildman–Crippen LogP) is 2.34. The average molecular weight is 377 g/mol. The number of aromatic nitrogens is 2. The van der Waals surface area contributed by atoms with Crippen molar-refractivity contribution in [3.8, 4) is 0 Å². The third kappa shape index (κ3) is 3.78. The van der Waals surface area contributed by atoms with Gasteiger partial charge in [-0.3, -0.25) is 14.4 Å². The lowest BCUT2D eigenvalue weighted by Gasteiger charge is -2.15. The Bertz CT molecular complexity index is 1090. The van der Waals surface area contributed by atoms with E-state index in [9.17, 15) is 14.4 Å². The highest BCUT2D eigenvalue weighted by Gasteiger charge is 2.21. The Hall–Kier alpha value is -3.48. The minimum atomic E-state index is -0.416. The SMILES string of the molecule is O=C(Cc1ccc(N2CCCC2=O)cc1)OCc1nc2ccccc2c(=O)[nH]1. The van der Waals surface area contributed by atoms with Gasteiger partial charge in [-0.25, -0.2) is 4.98 Å². The summed E-state index contributed by atoms with van der Waals surface area (Å²) in [5, 5.41) is 0.495. The first-order valence-corrected chi connectivity index (χ1v) is 9.13. The van der Waals surface area contributed by atoms with E-state index < -0.39 is 5.97 Å². The molecule has 1 aliphatic rings. The molecule has 7 heteroatoms. The lowest BCUT2D eigenvalue weighted by Crippen LogP contribution is -2.23. The van der Waals surface area contributed by atoms with Crippen LogP contribution in [0.3, 0.4) is 0 Å². The standard InChI is InChI=1S/C21H19N3O4/c25-19-6-3-11-24(19)15-9-7-14(8-10-15)12-20(26)28-13-18-22-17-5-2-1-4-16(17)21(27)23-18/h1-2,4-5,7-10H,3,6,11-13H2,(H,22,23,27). The molecule has 1 saturated heterocycles. The van der Waals surface area contributed by atoms with E-state index in [1.54, 1.807) is 29.2 Å². The minimum Gasteiger partial charge on any atom is -0.457 e. The van der Waals surface area contributed by atoms with E-state index in [4.69, 9.17) is 4.74 Å². The number of benzene rings is 2. The molecule has 0 spiro atoms. The number of esters is 1. The van der Waals surface area contributed by atoms with Crippen LogP contribution < -0.4 is 10.5 Å². The fourth-order valence-electron chi connectivity index (χ4n) is 3.28. The van der Waals surface area contributed by atoms with E-state index in [2.05, 4.69) is 9.97 Å². The topological polar surface area (TPSA) is 92.4 Å². The van der Waals surface area contributed by atoms with Crippen LogP contribution in [0.5, 0.6) is 0 Å². The Morgan fingerprint density at radius 2 is 1.89 bits per heavy atom. The van der Waals surface area contributed by atoms with E-state index in [1.807, 2.05) is 24.3 Å². The first kappa shape index (κ1) is 17.9. The van der Waals surface area contributed by atoms with Gasteiger partial charge in [0.25, 0.3) is 5.56 Å². The second-order valence-corrected chi connectivity index (χ2v) is 6.68. The van der Waals surface area contributed by atoms with Gasteiger partial charge in [-0.05, 0) is 36.2 Å². The number of fused-ring (bicyclic) bond motifs is 1. The molecule has 0 aliphatic carbocycles. The van der Waals surface area contributed by atoms with Gasteiger partial charge in [-0.1, -0.05) is 24.3 Å². The van der Waals surface area contributed by atoms with Crippen LogP contribution >= 0.6 is 0 Å². The number of nitrogens with one attached hydrogen (secondary N) is 1. The predicted molar refractivity (Wildman–Crippen MR) is 104 cm³/mol. The second kappa shape index (κ2) is 7.64. The number of para-hydroxylation sites is 1. The Kier molecular flexibility index (Phi) is 4.89. The monoisotopic (exact) mass is 377 g/mol. The van der Waals surface area contributed by atoms with E-state index >= 15 is 0 Å². The smallest absolute Gasteiger partial charge is 0.310 e. The van der Waals surface area contributed by atoms with Gasteiger partial charge >= 0.3 is 5.97 Å². The van der Waals surface area contributed by atoms with Gasteiger partial charge < -0.3 is 14.6 Å². The van der Waals surface area contributed by atoms with Gasteiger partial charge in [0.2, 0.25) is 5.91 Å². The van der Waals surface area contributed by atoms with Crippen molar-refractivity contribution in [2.24, 2.45) is 0 Å². The number of aromatic amines is 1. The third-order valence-corrected chi connectivity index (χ3v) is 4.70. The van der Waals surface area contributed by atoms with Crippen molar-refractivity contribution in [2.45, 2.75) is 25.9 Å². The Labute approximate surface area is 161 Å². The van der Waals surface area contributed by atoms with E-state index in [0.29, 0.717) is 23.1 Å². The molecule has 3 aromatic rings. The Morgan fingerprint density at radius 1 is 1.11 bits per heavy atom. The summed E-state index contributed by atoms with van der Waals surface area (Å²) in [5.74, 6) is 0.0183. The zero-order valence-electron chi connectivity index (χ0n) is 15.2. The van der Waals surface area contributed by atoms with E-state index in [0.717, 1.165) is 24.2 Å². The van der Waals surface area contributed by atoms with Gasteiger partial charge in [-0.2, -0.15) is 0 Å². The van der Waals surface area contributed by atoms with Crippen molar-refractivity contribution >= 4 is 28.5 Å². The highest BCUT2D eigenvalue weighted by Crippen LogP contribution is 2.21. The largest absolute Gasteiger partial charge is 0.457 e. The quantitative estimate of drug-likeness (QED) is 0.689. The van der Waals surface area contributed by atoms with Crippen molar-refractivity contribution in [3.63, 3.8) is 0 Å². The maximum Gasteiger partial charge on any atom is 0.310 e. The number of nitrogens with zero attached hydrogens (tertiary/aromatic N) is 2. The number of H-pyrrole nitrogens is 1. The summed E-state index contributed by atoms with van der Waals surface area (Å²) in [6, 6.07) is 14.3. The van der Waals surface area contributed by atoms with E-state index in [1.165, 1.54) is 0 Å². The fourth-order valence-corrected chi connectivity index (χ4v) is 3.28. The molecule has 0 bridgehead atoms. The van der Waals surface area contributed by atoms with Gasteiger partial charge in [0, 0.05) is 18.7 Å². The summed E-state index contributed by atoms with van der Waals surface area (Å²) < 4.78 is 5.25. The number of amides is 1. The summed E-state index contributed by atoms with van der Waals surface area (Å²) in [5.41, 5.74) is 1.94. The summed E-state index contributed by atoms with van der Waals surface area (Å²) in [6.07, 6.45) is 1.56. The zero-order chi connectivity index (χ0) is 19.5. The lowest BCUT2D eigenvalue weighted by atomic mass is 10.1. The molecule has 2 aromatic carbocycles. The number of ether oxygens (including phenoxy) is 1. The molecule has 142 valence electrons. The Balaban J connectivity index is 1.37. The van der Waals surface area contributed by atoms with Crippen LogP contribution in [-0.2, 0) is 27.4 Å². The zero-order valence-corrected chi connectivity index (χ0v) is 15.2. The first-order valence-electron chi connectivity index (χ1n) is 9.13. The van der Waals surface area contributed by atoms with Crippen LogP contribution in [0.15, 0.2) is 53.3 Å². The molecule has 28 heavy (non-hydrogen) atoms. The van der Waals surface area contributed by atoms with Crippen LogP contribution in [0, 0.1) is 0 Å². The average Bonchev–Trinajstić information content (AvgIpc) is 3.13. The van der Waals surface area contributed by atoms with Crippen molar-refractivity contribution in [1.29, 1.82) is 0 Å². The molecule has 7 nitrogen and oxygen atoms in total. The number of carbonyl (C=O) groups is 2. The molecular weight excluding hydrogens is 358 g/mol. The number of carbonyl (C=O) groups excluding carboxylic acids is 2. The molecule has 0 atom stereocenters. The summed E-state index contributed by atoms with van der Waals surface area (Å²) in [7, 11) is 0. The maximum absolute atomic E-state index is 12.1. The molecule has 1 aromatic heterocycles. The summed E-state index contributed by atoms with van der Waals surface area (Å²) in [4.78, 5) is 44.6. The number of anilines is 1.